The van der Waals surface area contributed by atoms with Gasteiger partial charge in [0.1, 0.15) is 9.77 Å². The molecule has 0 saturated heterocycles. The predicted octanol–water partition coefficient (Wildman–Crippen LogP) is 2.32. The number of esters is 1. The zero-order valence-electron chi connectivity index (χ0n) is 11.0. The van der Waals surface area contributed by atoms with E-state index in [1.165, 1.54) is 24.6 Å². The van der Waals surface area contributed by atoms with Crippen LogP contribution in [0.5, 0.6) is 0 Å². The van der Waals surface area contributed by atoms with Crippen LogP contribution in [0, 0.1) is 12.3 Å². The molecule has 0 aliphatic carbocycles. The lowest BCUT2D eigenvalue weighted by atomic mass is 10.2. The summed E-state index contributed by atoms with van der Waals surface area (Å²) in [4.78, 5) is 11.5. The van der Waals surface area contributed by atoms with E-state index < -0.39 is 16.0 Å². The molecule has 0 aliphatic rings. The monoisotopic (exact) mass is 321 g/mol. The Morgan fingerprint density at radius 1 is 1.38 bits per heavy atom. The smallest absolute Gasteiger partial charge is 0.349 e. The number of sulfonamides is 1. The second-order valence-corrected chi connectivity index (χ2v) is 6.50. The lowest BCUT2D eigenvalue weighted by Gasteiger charge is -2.08. The number of anilines is 1. The standard InChI is InChI=1S/C14H11NO4S2/c1-3-10-5-4-6-11(9-10)15-21(17,18)12-7-8-20-13(12)14(16)19-2/h1,4-9,15H,2H3. The van der Waals surface area contributed by atoms with E-state index in [2.05, 4.69) is 15.4 Å². The first kappa shape index (κ1) is 15.1. The molecule has 0 bridgehead atoms. The fourth-order valence-electron chi connectivity index (χ4n) is 1.63. The van der Waals surface area contributed by atoms with Gasteiger partial charge in [-0.15, -0.1) is 17.8 Å². The SMILES string of the molecule is C#Cc1cccc(NS(=O)(=O)c2ccsc2C(=O)OC)c1. The van der Waals surface area contributed by atoms with E-state index in [1.54, 1.807) is 18.2 Å². The summed E-state index contributed by atoms with van der Waals surface area (Å²) in [5.41, 5.74) is 0.876. The van der Waals surface area contributed by atoms with Crippen LogP contribution < -0.4 is 4.72 Å². The van der Waals surface area contributed by atoms with Crippen molar-refractivity contribution in [3.8, 4) is 12.3 Å². The summed E-state index contributed by atoms with van der Waals surface area (Å²) in [5.74, 6) is 1.73. The molecule has 2 rings (SSSR count). The van der Waals surface area contributed by atoms with Gasteiger partial charge < -0.3 is 4.74 Å². The van der Waals surface area contributed by atoms with E-state index in [0.29, 0.717) is 11.3 Å². The maximum atomic E-state index is 12.3. The van der Waals surface area contributed by atoms with E-state index in [0.717, 1.165) is 11.3 Å². The molecule has 0 atom stereocenters. The van der Waals surface area contributed by atoms with Crippen molar-refractivity contribution in [1.82, 2.24) is 0 Å². The molecule has 0 unspecified atom stereocenters. The van der Waals surface area contributed by atoms with Crippen LogP contribution >= 0.6 is 11.3 Å². The fourth-order valence-corrected chi connectivity index (χ4v) is 4.02. The van der Waals surface area contributed by atoms with Crippen LogP contribution in [0.25, 0.3) is 0 Å². The van der Waals surface area contributed by atoms with Crippen LogP contribution in [0.15, 0.2) is 40.6 Å². The third-order valence-corrected chi connectivity index (χ3v) is 5.02. The summed E-state index contributed by atoms with van der Waals surface area (Å²) in [6.07, 6.45) is 5.27. The Balaban J connectivity index is 2.37. The highest BCUT2D eigenvalue weighted by Gasteiger charge is 2.24. The normalized spacial score (nSPS) is 10.7. The lowest BCUT2D eigenvalue weighted by molar-refractivity contribution is 0.0602. The Bertz CT molecular complexity index is 815. The van der Waals surface area contributed by atoms with Crippen molar-refractivity contribution >= 4 is 33.0 Å². The Kier molecular flexibility index (Phi) is 4.31. The summed E-state index contributed by atoms with van der Waals surface area (Å²) in [7, 11) is -2.69. The van der Waals surface area contributed by atoms with E-state index in [9.17, 15) is 13.2 Å². The van der Waals surface area contributed by atoms with Gasteiger partial charge in [0.15, 0.2) is 0 Å². The molecule has 108 valence electrons. The molecule has 21 heavy (non-hydrogen) atoms. The maximum Gasteiger partial charge on any atom is 0.349 e. The molecule has 1 N–H and O–H groups in total. The molecule has 0 aliphatic heterocycles. The second kappa shape index (κ2) is 5.99. The first-order valence-electron chi connectivity index (χ1n) is 5.73. The number of terminal acetylenes is 1. The molecule has 0 fully saturated rings. The molecule has 1 aromatic carbocycles. The molecule has 0 radical (unpaired) electrons. The van der Waals surface area contributed by atoms with Crippen LogP contribution in [0.4, 0.5) is 5.69 Å². The second-order valence-electron chi connectivity index (χ2n) is 3.94. The minimum atomic E-state index is -3.89. The number of nitrogens with one attached hydrogen (secondary N) is 1. The van der Waals surface area contributed by atoms with E-state index >= 15 is 0 Å². The van der Waals surface area contributed by atoms with Crippen molar-refractivity contribution in [3.05, 3.63) is 46.2 Å². The molecule has 0 spiro atoms. The zero-order valence-corrected chi connectivity index (χ0v) is 12.6. The van der Waals surface area contributed by atoms with Crippen molar-refractivity contribution in [2.45, 2.75) is 4.90 Å². The van der Waals surface area contributed by atoms with Gasteiger partial charge in [-0.1, -0.05) is 12.0 Å². The molecule has 1 aromatic heterocycles. The first-order valence-corrected chi connectivity index (χ1v) is 8.09. The van der Waals surface area contributed by atoms with E-state index in [-0.39, 0.29) is 9.77 Å². The molecule has 7 heteroatoms. The van der Waals surface area contributed by atoms with Crippen LogP contribution in [0.2, 0.25) is 0 Å². The highest BCUT2D eigenvalue weighted by molar-refractivity contribution is 7.93. The van der Waals surface area contributed by atoms with Crippen LogP contribution in [0.3, 0.4) is 0 Å². The number of rotatable bonds is 4. The highest BCUT2D eigenvalue weighted by atomic mass is 32.2. The van der Waals surface area contributed by atoms with Gasteiger partial charge in [0, 0.05) is 5.56 Å². The van der Waals surface area contributed by atoms with Gasteiger partial charge in [-0.05, 0) is 29.6 Å². The van der Waals surface area contributed by atoms with Crippen molar-refractivity contribution in [3.63, 3.8) is 0 Å². The Morgan fingerprint density at radius 3 is 2.81 bits per heavy atom. The fraction of sp³-hybridized carbons (Fsp3) is 0.0714. The van der Waals surface area contributed by atoms with Gasteiger partial charge in [0.2, 0.25) is 0 Å². The third-order valence-electron chi connectivity index (χ3n) is 2.57. The van der Waals surface area contributed by atoms with Gasteiger partial charge in [-0.3, -0.25) is 4.72 Å². The minimum absolute atomic E-state index is 0.0260. The Hall–Kier alpha value is -2.30. The van der Waals surface area contributed by atoms with Crippen LogP contribution in [-0.2, 0) is 14.8 Å². The number of thiophene rings is 1. The van der Waals surface area contributed by atoms with E-state index in [4.69, 9.17) is 6.42 Å². The van der Waals surface area contributed by atoms with Gasteiger partial charge in [-0.25, -0.2) is 13.2 Å². The quantitative estimate of drug-likeness (QED) is 0.693. The molecule has 5 nitrogen and oxygen atoms in total. The topological polar surface area (TPSA) is 72.5 Å². The third kappa shape index (κ3) is 3.24. The molecule has 0 saturated carbocycles. The minimum Gasteiger partial charge on any atom is -0.465 e. The Labute approximate surface area is 126 Å². The maximum absolute atomic E-state index is 12.3. The van der Waals surface area contributed by atoms with Gasteiger partial charge >= 0.3 is 5.97 Å². The molecule has 0 amide bonds. The molecule has 1 heterocycles. The summed E-state index contributed by atoms with van der Waals surface area (Å²) < 4.78 is 31.6. The van der Waals surface area contributed by atoms with Crippen molar-refractivity contribution < 1.29 is 17.9 Å². The number of carbonyl (C=O) groups excluding carboxylic acids is 1. The predicted molar refractivity (Wildman–Crippen MR) is 80.8 cm³/mol. The summed E-state index contributed by atoms with van der Waals surface area (Å²) in [6, 6.07) is 7.78. The van der Waals surface area contributed by atoms with E-state index in [1.807, 2.05) is 0 Å². The number of benzene rings is 1. The number of hydrogen-bond donors (Lipinski definition) is 1. The average molecular weight is 321 g/mol. The largest absolute Gasteiger partial charge is 0.465 e. The highest BCUT2D eigenvalue weighted by Crippen LogP contribution is 2.25. The molecular weight excluding hydrogens is 310 g/mol. The number of hydrogen-bond acceptors (Lipinski definition) is 5. The van der Waals surface area contributed by atoms with Crippen molar-refractivity contribution in [1.29, 1.82) is 0 Å². The van der Waals surface area contributed by atoms with Crippen molar-refractivity contribution in [2.75, 3.05) is 11.8 Å². The van der Waals surface area contributed by atoms with Gasteiger partial charge in [-0.2, -0.15) is 0 Å². The zero-order chi connectivity index (χ0) is 15.5. The first-order chi connectivity index (χ1) is 9.97. The number of ether oxygens (including phenoxy) is 1. The summed E-state index contributed by atoms with van der Waals surface area (Å²) in [5, 5.41) is 1.51. The van der Waals surface area contributed by atoms with Gasteiger partial charge in [0.05, 0.1) is 12.8 Å². The molecular formula is C14H11NO4S2. The average Bonchev–Trinajstić information content (AvgIpc) is 2.96. The van der Waals surface area contributed by atoms with Crippen molar-refractivity contribution in [2.24, 2.45) is 0 Å². The van der Waals surface area contributed by atoms with Crippen LogP contribution in [0.1, 0.15) is 15.2 Å². The number of carbonyl (C=O) groups is 1. The summed E-state index contributed by atoms with van der Waals surface area (Å²) >= 11 is 1.00. The van der Waals surface area contributed by atoms with Gasteiger partial charge in [0.25, 0.3) is 10.0 Å². The summed E-state index contributed by atoms with van der Waals surface area (Å²) in [6.45, 7) is 0. The molecule has 2 aromatic rings. The van der Waals surface area contributed by atoms with Crippen LogP contribution in [-0.4, -0.2) is 21.5 Å². The number of methoxy groups -OCH3 is 1. The lowest BCUT2D eigenvalue weighted by Crippen LogP contribution is -2.15. The Morgan fingerprint density at radius 2 is 2.14 bits per heavy atom.